The number of nitrogens with zero attached hydrogens (tertiary/aromatic N) is 5. The number of hydrogen-bond acceptors (Lipinski definition) is 6. The van der Waals surface area contributed by atoms with Gasteiger partial charge in [-0.3, -0.25) is 19.1 Å². The van der Waals surface area contributed by atoms with Crippen LogP contribution in [-0.2, 0) is 18.3 Å². The summed E-state index contributed by atoms with van der Waals surface area (Å²) < 4.78 is 3.22. The maximum absolute atomic E-state index is 13.3. The Kier molecular flexibility index (Phi) is 7.46. The minimum absolute atomic E-state index is 0.0652. The molecule has 0 aliphatic carbocycles. The van der Waals surface area contributed by atoms with Crippen molar-refractivity contribution in [2.24, 2.45) is 7.05 Å². The van der Waals surface area contributed by atoms with Crippen molar-refractivity contribution < 1.29 is 9.59 Å². The van der Waals surface area contributed by atoms with E-state index in [1.807, 2.05) is 54.6 Å². The summed E-state index contributed by atoms with van der Waals surface area (Å²) in [6, 6.07) is 16.7. The summed E-state index contributed by atoms with van der Waals surface area (Å²) in [5.41, 5.74) is 10.3. The lowest BCUT2D eigenvalue weighted by Crippen LogP contribution is -2.38. The second-order valence-electron chi connectivity index (χ2n) is 10.1. The van der Waals surface area contributed by atoms with E-state index in [9.17, 15) is 14.4 Å². The molecule has 1 fully saturated rings. The third-order valence-corrected chi connectivity index (χ3v) is 7.57. The minimum atomic E-state index is -0.330. The second-order valence-corrected chi connectivity index (χ2v) is 10.1. The van der Waals surface area contributed by atoms with Gasteiger partial charge < -0.3 is 10.6 Å². The summed E-state index contributed by atoms with van der Waals surface area (Å²) in [5, 5.41) is 0. The van der Waals surface area contributed by atoms with Gasteiger partial charge in [0.25, 0.3) is 5.56 Å². The van der Waals surface area contributed by atoms with Crippen LogP contribution >= 0.6 is 0 Å². The van der Waals surface area contributed by atoms with Crippen LogP contribution in [0, 0.1) is 6.92 Å². The van der Waals surface area contributed by atoms with Crippen LogP contribution in [0.15, 0.2) is 78.2 Å². The smallest absolute Gasteiger partial charge is 0.282 e. The van der Waals surface area contributed by atoms with Crippen LogP contribution in [0.4, 0.5) is 5.82 Å². The number of ketones is 1. The average Bonchev–Trinajstić information content (AvgIpc) is 3.21. The van der Waals surface area contributed by atoms with Crippen molar-refractivity contribution in [2.75, 3.05) is 18.8 Å². The van der Waals surface area contributed by atoms with Crippen LogP contribution in [0.2, 0.25) is 0 Å². The van der Waals surface area contributed by atoms with Gasteiger partial charge in [0.15, 0.2) is 5.78 Å². The number of nitrogens with two attached hydrogens (primary N) is 1. The number of rotatable bonds is 7. The number of nitrogen functional groups attached to an aromatic ring is 1. The Morgan fingerprint density at radius 1 is 1.12 bits per heavy atom. The zero-order valence-electron chi connectivity index (χ0n) is 22.7. The van der Waals surface area contributed by atoms with Gasteiger partial charge in [0.2, 0.25) is 5.91 Å². The average molecular weight is 537 g/mol. The fraction of sp³-hybridized carbons (Fsp3) is 0.258. The Balaban J connectivity index is 1.36. The van der Waals surface area contributed by atoms with Gasteiger partial charge in [-0.2, -0.15) is 0 Å². The van der Waals surface area contributed by atoms with Gasteiger partial charge in [-0.1, -0.05) is 49.0 Å². The number of likely N-dealkylation sites (tertiary alicyclic amines) is 1. The zero-order chi connectivity index (χ0) is 28.4. The Bertz CT molecular complexity index is 1640. The third kappa shape index (κ3) is 5.10. The maximum Gasteiger partial charge on any atom is 0.282 e. The number of carbonyl (C=O) groups excluding carboxylic acids is 2. The van der Waals surface area contributed by atoms with E-state index >= 15 is 0 Å². The van der Waals surface area contributed by atoms with E-state index in [2.05, 4.69) is 11.6 Å². The van der Waals surface area contributed by atoms with Gasteiger partial charge in [-0.15, -0.1) is 0 Å². The number of carbonyl (C=O) groups is 2. The molecule has 40 heavy (non-hydrogen) atoms. The molecule has 2 aromatic carbocycles. The van der Waals surface area contributed by atoms with E-state index in [1.54, 1.807) is 29.7 Å². The number of hydrogen-bond donors (Lipinski definition) is 1. The monoisotopic (exact) mass is 536 g/mol. The van der Waals surface area contributed by atoms with E-state index in [1.165, 1.54) is 10.8 Å². The molecule has 1 atom stereocenters. The SMILES string of the molecule is C=CC(=O)N1CCCC(c2cnc(N)c(-c3ccc(CC(=O)c4c(C)n(C)n(-c5ccccc5)c4=O)cc3)n2)C1. The lowest BCUT2D eigenvalue weighted by molar-refractivity contribution is -0.127. The molecule has 0 spiro atoms. The summed E-state index contributed by atoms with van der Waals surface area (Å²) in [6.07, 6.45) is 4.90. The van der Waals surface area contributed by atoms with Crippen LogP contribution in [0.3, 0.4) is 0 Å². The molecular weight excluding hydrogens is 504 g/mol. The van der Waals surface area contributed by atoms with Gasteiger partial charge in [-0.05, 0) is 43.5 Å². The molecule has 4 aromatic rings. The number of Topliss-reactive ketones (excluding diaryl/α,β-unsaturated/α-hetero) is 1. The van der Waals surface area contributed by atoms with Gasteiger partial charge >= 0.3 is 0 Å². The predicted molar refractivity (Wildman–Crippen MR) is 154 cm³/mol. The highest BCUT2D eigenvalue weighted by Gasteiger charge is 2.26. The van der Waals surface area contributed by atoms with Crippen molar-refractivity contribution in [3.05, 3.63) is 106 Å². The Morgan fingerprint density at radius 2 is 1.85 bits per heavy atom. The number of anilines is 1. The first-order chi connectivity index (χ1) is 19.3. The lowest BCUT2D eigenvalue weighted by atomic mass is 9.94. The number of aromatic nitrogens is 4. The summed E-state index contributed by atoms with van der Waals surface area (Å²) in [6.45, 7) is 6.65. The molecule has 0 saturated carbocycles. The van der Waals surface area contributed by atoms with Crippen molar-refractivity contribution in [2.45, 2.75) is 32.1 Å². The third-order valence-electron chi connectivity index (χ3n) is 7.57. The standard InChI is InChI=1S/C31H32N6O3/c1-4-27(39)36-16-8-9-23(19-36)25-18-33-30(32)29(34-25)22-14-12-21(13-15-22)17-26(38)28-20(2)35(3)37(31(28)40)24-10-6-5-7-11-24/h4-7,10-15,18,23H,1,8-9,16-17,19H2,2-3H3,(H2,32,33). The molecule has 3 heterocycles. The van der Waals surface area contributed by atoms with E-state index in [0.29, 0.717) is 36.0 Å². The number of amides is 1. The quantitative estimate of drug-likeness (QED) is 0.283. The first kappa shape index (κ1) is 26.8. The zero-order valence-corrected chi connectivity index (χ0v) is 22.7. The molecule has 0 bridgehead atoms. The molecule has 1 amide bonds. The van der Waals surface area contributed by atoms with Gasteiger partial charge in [0, 0.05) is 43.7 Å². The molecule has 1 aliphatic rings. The number of benzene rings is 2. The van der Waals surface area contributed by atoms with Crippen LogP contribution < -0.4 is 11.3 Å². The Labute approximate surface area is 232 Å². The normalized spacial score (nSPS) is 15.2. The molecule has 204 valence electrons. The van der Waals surface area contributed by atoms with Crippen LogP contribution in [0.5, 0.6) is 0 Å². The number of piperidine rings is 1. The summed E-state index contributed by atoms with van der Waals surface area (Å²) >= 11 is 0. The van der Waals surface area contributed by atoms with Gasteiger partial charge in [0.1, 0.15) is 17.1 Å². The Hall–Kier alpha value is -4.79. The molecule has 1 unspecified atom stereocenters. The van der Waals surface area contributed by atoms with Crippen molar-refractivity contribution >= 4 is 17.5 Å². The lowest BCUT2D eigenvalue weighted by Gasteiger charge is -2.31. The Morgan fingerprint density at radius 3 is 2.55 bits per heavy atom. The van der Waals surface area contributed by atoms with E-state index in [0.717, 1.165) is 29.7 Å². The molecule has 2 aromatic heterocycles. The largest absolute Gasteiger partial charge is 0.382 e. The van der Waals surface area contributed by atoms with E-state index in [4.69, 9.17) is 10.7 Å². The fourth-order valence-electron chi connectivity index (χ4n) is 5.31. The first-order valence-electron chi connectivity index (χ1n) is 13.3. The fourth-order valence-corrected chi connectivity index (χ4v) is 5.31. The van der Waals surface area contributed by atoms with Crippen molar-refractivity contribution in [1.29, 1.82) is 0 Å². The molecule has 9 heteroatoms. The van der Waals surface area contributed by atoms with Gasteiger partial charge in [0.05, 0.1) is 17.6 Å². The van der Waals surface area contributed by atoms with Crippen molar-refractivity contribution in [3.63, 3.8) is 0 Å². The minimum Gasteiger partial charge on any atom is -0.382 e. The van der Waals surface area contributed by atoms with E-state index < -0.39 is 0 Å². The summed E-state index contributed by atoms with van der Waals surface area (Å²) in [4.78, 5) is 49.6. The van der Waals surface area contributed by atoms with Gasteiger partial charge in [-0.25, -0.2) is 14.6 Å². The number of para-hydroxylation sites is 1. The molecule has 5 rings (SSSR count). The van der Waals surface area contributed by atoms with E-state index in [-0.39, 0.29) is 35.2 Å². The molecule has 1 aliphatic heterocycles. The molecule has 9 nitrogen and oxygen atoms in total. The highest BCUT2D eigenvalue weighted by atomic mass is 16.2. The summed E-state index contributed by atoms with van der Waals surface area (Å²) in [5.74, 6) is 0.0557. The first-order valence-corrected chi connectivity index (χ1v) is 13.3. The molecule has 2 N–H and O–H groups in total. The van der Waals surface area contributed by atoms with Crippen molar-refractivity contribution in [3.8, 4) is 16.9 Å². The second kappa shape index (κ2) is 11.1. The highest BCUT2D eigenvalue weighted by molar-refractivity contribution is 5.98. The van der Waals surface area contributed by atoms with Crippen LogP contribution in [-0.4, -0.2) is 49.0 Å². The van der Waals surface area contributed by atoms with Crippen molar-refractivity contribution in [1.82, 2.24) is 24.2 Å². The highest BCUT2D eigenvalue weighted by Crippen LogP contribution is 2.29. The van der Waals surface area contributed by atoms with Crippen LogP contribution in [0.25, 0.3) is 16.9 Å². The topological polar surface area (TPSA) is 116 Å². The molecule has 0 radical (unpaired) electrons. The molecular formula is C31H32N6O3. The maximum atomic E-state index is 13.3. The summed E-state index contributed by atoms with van der Waals surface area (Å²) in [7, 11) is 1.77. The molecule has 1 saturated heterocycles. The van der Waals surface area contributed by atoms with Crippen LogP contribution in [0.1, 0.15) is 46.1 Å². The predicted octanol–water partition coefficient (Wildman–Crippen LogP) is 3.84.